The lowest BCUT2D eigenvalue weighted by Crippen LogP contribution is -2.01. The van der Waals surface area contributed by atoms with Crippen molar-refractivity contribution < 1.29 is 0 Å². The van der Waals surface area contributed by atoms with Gasteiger partial charge in [0.05, 0.1) is 0 Å². The Morgan fingerprint density at radius 1 is 0.262 bits per heavy atom. The van der Waals surface area contributed by atoms with Crippen molar-refractivity contribution >= 4 is 63.8 Å². The zero-order valence-electron chi connectivity index (χ0n) is 33.0. The van der Waals surface area contributed by atoms with Gasteiger partial charge in [-0.3, -0.25) is 0 Å². The molecule has 0 bridgehead atoms. The summed E-state index contributed by atoms with van der Waals surface area (Å²) in [6.07, 6.45) is 0. The fourth-order valence-corrected chi connectivity index (χ4v) is 10.1. The molecule has 61 heavy (non-hydrogen) atoms. The molecule has 12 aromatic rings. The van der Waals surface area contributed by atoms with E-state index in [1.807, 2.05) is 17.4 Å². The van der Waals surface area contributed by atoms with Crippen LogP contribution in [-0.4, -0.2) is 15.0 Å². The Balaban J connectivity index is 0.979. The van der Waals surface area contributed by atoms with Gasteiger partial charge < -0.3 is 0 Å². The van der Waals surface area contributed by atoms with Crippen LogP contribution in [0.1, 0.15) is 0 Å². The molecule has 0 aliphatic carbocycles. The minimum absolute atomic E-state index is 0.627. The molecule has 2 heterocycles. The van der Waals surface area contributed by atoms with E-state index in [9.17, 15) is 0 Å². The molecule has 0 aliphatic heterocycles. The van der Waals surface area contributed by atoms with Crippen molar-refractivity contribution in [1.29, 1.82) is 0 Å². The zero-order chi connectivity index (χ0) is 40.3. The second-order valence-electron chi connectivity index (χ2n) is 15.5. The molecule has 0 unspecified atom stereocenters. The summed E-state index contributed by atoms with van der Waals surface area (Å²) in [5.41, 5.74) is 9.71. The summed E-state index contributed by atoms with van der Waals surface area (Å²) in [6, 6.07) is 75.8. The molecule has 0 spiro atoms. The molecule has 0 fully saturated rings. The van der Waals surface area contributed by atoms with Gasteiger partial charge in [-0.15, -0.1) is 11.3 Å². The highest BCUT2D eigenvalue weighted by Crippen LogP contribution is 2.41. The molecule has 0 N–H and O–H groups in total. The number of benzene rings is 10. The number of aromatic nitrogens is 3. The van der Waals surface area contributed by atoms with E-state index in [1.165, 1.54) is 63.6 Å². The Kier molecular flexibility index (Phi) is 8.36. The van der Waals surface area contributed by atoms with Crippen LogP contribution in [-0.2, 0) is 0 Å². The van der Waals surface area contributed by atoms with E-state index in [-0.39, 0.29) is 0 Å². The first-order valence-electron chi connectivity index (χ1n) is 20.6. The van der Waals surface area contributed by atoms with Crippen molar-refractivity contribution in [3.63, 3.8) is 0 Å². The summed E-state index contributed by atoms with van der Waals surface area (Å²) in [6.45, 7) is 0. The maximum atomic E-state index is 5.21. The van der Waals surface area contributed by atoms with Crippen molar-refractivity contribution in [1.82, 2.24) is 15.0 Å². The molecule has 3 nitrogen and oxygen atoms in total. The van der Waals surface area contributed by atoms with Gasteiger partial charge in [-0.25, -0.2) is 15.0 Å². The summed E-state index contributed by atoms with van der Waals surface area (Å²) in [7, 11) is 0. The zero-order valence-corrected chi connectivity index (χ0v) is 33.8. The van der Waals surface area contributed by atoms with E-state index in [0.717, 1.165) is 38.9 Å². The Hall–Kier alpha value is -7.79. The molecule has 4 heteroatoms. The average Bonchev–Trinajstić information content (AvgIpc) is 3.71. The third-order valence-corrected chi connectivity index (χ3v) is 13.1. The van der Waals surface area contributed by atoms with Gasteiger partial charge in [0.15, 0.2) is 17.5 Å². The maximum Gasteiger partial charge on any atom is 0.164 e. The summed E-state index contributed by atoms with van der Waals surface area (Å²) in [4.78, 5) is 15.6. The van der Waals surface area contributed by atoms with E-state index < -0.39 is 0 Å². The normalized spacial score (nSPS) is 11.6. The molecule has 0 saturated heterocycles. The number of hydrogen-bond donors (Lipinski definition) is 0. The monoisotopic (exact) mass is 793 g/mol. The van der Waals surface area contributed by atoms with Crippen molar-refractivity contribution in [2.24, 2.45) is 0 Å². The van der Waals surface area contributed by atoms with Crippen LogP contribution in [0.4, 0.5) is 0 Å². The Labute approximate surface area is 356 Å². The fraction of sp³-hybridized carbons (Fsp3) is 0. The molecule has 284 valence electrons. The molecule has 2 aromatic heterocycles. The first-order valence-corrected chi connectivity index (χ1v) is 21.4. The number of thiophene rings is 1. The van der Waals surface area contributed by atoms with Crippen LogP contribution in [0, 0.1) is 0 Å². The summed E-state index contributed by atoms with van der Waals surface area (Å²) in [5, 5.41) is 10.1. The van der Waals surface area contributed by atoms with Crippen molar-refractivity contribution in [2.45, 2.75) is 0 Å². The third kappa shape index (κ3) is 6.16. The molecule has 0 atom stereocenters. The maximum absolute atomic E-state index is 5.21. The van der Waals surface area contributed by atoms with Crippen LogP contribution in [0.3, 0.4) is 0 Å². The SMILES string of the molecule is c1ccc(-c2ccccc2-c2nc(-c3ccc(-c4ccc5c(c4)sc4ccccc45)cc3)nc(-c3ccc(-c4c5ccccc5cc5c4ccc4ccccc45)cc3)n2)cc1. The lowest BCUT2D eigenvalue weighted by Gasteiger charge is -2.15. The van der Waals surface area contributed by atoms with Gasteiger partial charge in [-0.1, -0.05) is 194 Å². The summed E-state index contributed by atoms with van der Waals surface area (Å²) in [5.74, 6) is 1.89. The van der Waals surface area contributed by atoms with Crippen molar-refractivity contribution in [2.75, 3.05) is 0 Å². The average molecular weight is 794 g/mol. The van der Waals surface area contributed by atoms with Crippen LogP contribution in [0.15, 0.2) is 212 Å². The highest BCUT2D eigenvalue weighted by atomic mass is 32.1. The van der Waals surface area contributed by atoms with E-state index in [0.29, 0.717) is 17.5 Å². The van der Waals surface area contributed by atoms with Crippen LogP contribution in [0.25, 0.3) is 120 Å². The van der Waals surface area contributed by atoms with Crippen molar-refractivity contribution in [3.8, 4) is 67.5 Å². The Morgan fingerprint density at radius 3 is 1.57 bits per heavy atom. The Morgan fingerprint density at radius 2 is 0.803 bits per heavy atom. The second kappa shape index (κ2) is 14.5. The molecule has 0 aliphatic rings. The second-order valence-corrected chi connectivity index (χ2v) is 16.6. The van der Waals surface area contributed by atoms with Gasteiger partial charge in [0.2, 0.25) is 0 Å². The number of rotatable bonds is 6. The molecule has 10 aromatic carbocycles. The van der Waals surface area contributed by atoms with Gasteiger partial charge in [-0.05, 0) is 83.9 Å². The third-order valence-electron chi connectivity index (χ3n) is 11.9. The predicted molar refractivity (Wildman–Crippen MR) is 258 cm³/mol. The minimum Gasteiger partial charge on any atom is -0.208 e. The minimum atomic E-state index is 0.627. The number of fused-ring (bicyclic) bond motifs is 7. The van der Waals surface area contributed by atoms with Gasteiger partial charge in [-0.2, -0.15) is 0 Å². The largest absolute Gasteiger partial charge is 0.208 e. The van der Waals surface area contributed by atoms with E-state index in [2.05, 4.69) is 206 Å². The molecular weight excluding hydrogens is 759 g/mol. The number of nitrogens with zero attached hydrogens (tertiary/aromatic N) is 3. The van der Waals surface area contributed by atoms with E-state index >= 15 is 0 Å². The van der Waals surface area contributed by atoms with Crippen LogP contribution in [0.2, 0.25) is 0 Å². The lowest BCUT2D eigenvalue weighted by atomic mass is 9.89. The molecule has 0 amide bonds. The van der Waals surface area contributed by atoms with Crippen LogP contribution >= 0.6 is 11.3 Å². The smallest absolute Gasteiger partial charge is 0.164 e. The number of hydrogen-bond acceptors (Lipinski definition) is 4. The van der Waals surface area contributed by atoms with Crippen molar-refractivity contribution in [3.05, 3.63) is 212 Å². The highest BCUT2D eigenvalue weighted by Gasteiger charge is 2.18. The predicted octanol–water partition coefficient (Wildman–Crippen LogP) is 15.7. The highest BCUT2D eigenvalue weighted by molar-refractivity contribution is 7.25. The summed E-state index contributed by atoms with van der Waals surface area (Å²) < 4.78 is 2.60. The standard InChI is InChI=1S/C57H35N3S/c1-2-12-37(13-3-1)44-16-8-9-20-50(44)57-59-55(40-26-22-36(23-27-40)42-31-32-48-47-19-10-11-21-52(47)61-53(48)35-42)58-56(60-57)41-28-24-39(25-29-41)54-46-18-7-5-15-43(46)34-51-45-17-6-4-14-38(45)30-33-49(51)54/h1-35H. The first kappa shape index (κ1) is 35.2. The van der Waals surface area contributed by atoms with E-state index in [4.69, 9.17) is 15.0 Å². The molecule has 0 saturated carbocycles. The summed E-state index contributed by atoms with van der Waals surface area (Å²) >= 11 is 1.84. The Bertz CT molecular complexity index is 3630. The van der Waals surface area contributed by atoms with E-state index in [1.54, 1.807) is 0 Å². The molecule has 0 radical (unpaired) electrons. The van der Waals surface area contributed by atoms with Gasteiger partial charge in [0, 0.05) is 36.9 Å². The quantitative estimate of drug-likeness (QED) is 0.124. The van der Waals surface area contributed by atoms with Gasteiger partial charge in [0.1, 0.15) is 0 Å². The molecular formula is C57H35N3S. The van der Waals surface area contributed by atoms with Crippen LogP contribution < -0.4 is 0 Å². The first-order chi connectivity index (χ1) is 30.2. The molecule has 12 rings (SSSR count). The lowest BCUT2D eigenvalue weighted by molar-refractivity contribution is 1.07. The van der Waals surface area contributed by atoms with Gasteiger partial charge in [0.25, 0.3) is 0 Å². The topological polar surface area (TPSA) is 38.7 Å². The van der Waals surface area contributed by atoms with Crippen LogP contribution in [0.5, 0.6) is 0 Å². The fourth-order valence-electron chi connectivity index (χ4n) is 8.94. The van der Waals surface area contributed by atoms with Gasteiger partial charge >= 0.3 is 0 Å².